The van der Waals surface area contributed by atoms with Crippen LogP contribution in [0.3, 0.4) is 0 Å². The van der Waals surface area contributed by atoms with E-state index in [0.717, 1.165) is 16.3 Å². The van der Waals surface area contributed by atoms with Gasteiger partial charge < -0.3 is 5.73 Å². The first kappa shape index (κ1) is 14.1. The Hall–Kier alpha value is -3.88. The molecule has 5 heteroatoms. The average Bonchev–Trinajstić information content (AvgIpc) is 2.60. The van der Waals surface area contributed by atoms with Crippen LogP contribution in [0.4, 0.5) is 5.82 Å². The number of fused-ring (bicyclic) bond motifs is 1. The summed E-state index contributed by atoms with van der Waals surface area (Å²) < 4.78 is 0. The lowest BCUT2D eigenvalue weighted by atomic mass is 10.1. The molecule has 106 valence electrons. The van der Waals surface area contributed by atoms with E-state index in [-0.39, 0.29) is 22.9 Å². The van der Waals surface area contributed by atoms with Crippen LogP contribution in [-0.2, 0) is 0 Å². The smallest absolute Gasteiger partial charge is 0.179 e. The molecule has 1 heterocycles. The molecule has 0 unspecified atom stereocenters. The zero-order chi connectivity index (χ0) is 16.2. The van der Waals surface area contributed by atoms with Crippen LogP contribution in [0, 0.1) is 34.5 Å². The first-order valence-corrected chi connectivity index (χ1v) is 6.70. The maximum Gasteiger partial charge on any atom is 0.179 e. The van der Waals surface area contributed by atoms with Crippen molar-refractivity contribution in [2.24, 2.45) is 0 Å². The molecule has 0 aliphatic rings. The van der Waals surface area contributed by atoms with Crippen molar-refractivity contribution < 1.29 is 0 Å². The van der Waals surface area contributed by atoms with Gasteiger partial charge in [0.15, 0.2) is 22.9 Å². The average molecular weight is 295 g/mol. The maximum absolute atomic E-state index is 9.00. The second kappa shape index (κ2) is 5.85. The van der Waals surface area contributed by atoms with Crippen molar-refractivity contribution in [3.05, 3.63) is 65.1 Å². The fourth-order valence-corrected chi connectivity index (χ4v) is 2.16. The SMILES string of the molecule is N#Cc1nc(N)c(C#Cc2cccc3ccccc23)nc1C#N. The van der Waals surface area contributed by atoms with Crippen molar-refractivity contribution >= 4 is 16.6 Å². The molecule has 23 heavy (non-hydrogen) atoms. The summed E-state index contributed by atoms with van der Waals surface area (Å²) in [7, 11) is 0. The first-order chi connectivity index (χ1) is 11.2. The molecule has 2 N–H and O–H groups in total. The molecule has 0 atom stereocenters. The lowest BCUT2D eigenvalue weighted by Crippen LogP contribution is -2.03. The van der Waals surface area contributed by atoms with Gasteiger partial charge in [0.1, 0.15) is 12.1 Å². The molecule has 0 fully saturated rings. The van der Waals surface area contributed by atoms with Crippen LogP contribution in [0.1, 0.15) is 22.6 Å². The minimum absolute atomic E-state index is 0.0355. The number of nitrogens with two attached hydrogens (primary N) is 1. The summed E-state index contributed by atoms with van der Waals surface area (Å²) >= 11 is 0. The number of benzene rings is 2. The molecule has 0 spiro atoms. The third-order valence-electron chi connectivity index (χ3n) is 3.24. The summed E-state index contributed by atoms with van der Waals surface area (Å²) in [5.41, 5.74) is 6.60. The molecule has 3 rings (SSSR count). The van der Waals surface area contributed by atoms with Crippen molar-refractivity contribution in [3.63, 3.8) is 0 Å². The van der Waals surface area contributed by atoms with E-state index < -0.39 is 0 Å². The van der Waals surface area contributed by atoms with Crippen molar-refractivity contribution in [2.45, 2.75) is 0 Å². The predicted octanol–water partition coefficient (Wildman–Crippen LogP) is 2.36. The van der Waals surface area contributed by atoms with Crippen molar-refractivity contribution in [2.75, 3.05) is 5.73 Å². The number of hydrogen-bond acceptors (Lipinski definition) is 5. The molecule has 2 aromatic carbocycles. The van der Waals surface area contributed by atoms with Gasteiger partial charge in [0.2, 0.25) is 0 Å². The number of anilines is 1. The van der Waals surface area contributed by atoms with Gasteiger partial charge >= 0.3 is 0 Å². The van der Waals surface area contributed by atoms with E-state index in [1.54, 1.807) is 6.07 Å². The molecule has 0 bridgehead atoms. The van der Waals surface area contributed by atoms with Crippen LogP contribution in [0.25, 0.3) is 10.8 Å². The number of nitrogens with zero attached hydrogens (tertiary/aromatic N) is 4. The highest BCUT2D eigenvalue weighted by Crippen LogP contribution is 2.18. The monoisotopic (exact) mass is 295 g/mol. The van der Waals surface area contributed by atoms with Crippen LogP contribution in [0.2, 0.25) is 0 Å². The van der Waals surface area contributed by atoms with Crippen LogP contribution in [0.15, 0.2) is 42.5 Å². The maximum atomic E-state index is 9.00. The summed E-state index contributed by atoms with van der Waals surface area (Å²) in [4.78, 5) is 7.88. The van der Waals surface area contributed by atoms with Crippen LogP contribution in [-0.4, -0.2) is 9.97 Å². The van der Waals surface area contributed by atoms with Gasteiger partial charge in [-0.05, 0) is 22.8 Å². The van der Waals surface area contributed by atoms with Crippen molar-refractivity contribution in [1.82, 2.24) is 9.97 Å². The van der Waals surface area contributed by atoms with Gasteiger partial charge in [-0.1, -0.05) is 42.3 Å². The zero-order valence-corrected chi connectivity index (χ0v) is 11.9. The van der Waals surface area contributed by atoms with E-state index in [2.05, 4.69) is 21.8 Å². The Kier molecular flexibility index (Phi) is 3.58. The zero-order valence-electron chi connectivity index (χ0n) is 11.9. The molecule has 0 saturated heterocycles. The Balaban J connectivity index is 2.12. The molecule has 0 aliphatic heterocycles. The molecular formula is C18H9N5. The normalized spacial score (nSPS) is 9.48. The van der Waals surface area contributed by atoms with Gasteiger partial charge in [-0.15, -0.1) is 0 Å². The largest absolute Gasteiger partial charge is 0.381 e. The fraction of sp³-hybridized carbons (Fsp3) is 0. The van der Waals surface area contributed by atoms with Gasteiger partial charge in [-0.3, -0.25) is 0 Å². The number of nitriles is 2. The molecule has 5 nitrogen and oxygen atoms in total. The van der Waals surface area contributed by atoms with Crippen molar-refractivity contribution in [1.29, 1.82) is 10.5 Å². The summed E-state index contributed by atoms with van der Waals surface area (Å²) in [5, 5.41) is 20.0. The molecule has 3 aromatic rings. The minimum atomic E-state index is -0.0966. The third-order valence-corrected chi connectivity index (χ3v) is 3.24. The highest BCUT2D eigenvalue weighted by atomic mass is 14.9. The van der Waals surface area contributed by atoms with Crippen LogP contribution < -0.4 is 5.73 Å². The molecule has 0 saturated carbocycles. The first-order valence-electron chi connectivity index (χ1n) is 6.70. The number of rotatable bonds is 0. The van der Waals surface area contributed by atoms with E-state index in [4.69, 9.17) is 16.3 Å². The number of aromatic nitrogens is 2. The van der Waals surface area contributed by atoms with E-state index in [9.17, 15) is 0 Å². The van der Waals surface area contributed by atoms with Gasteiger partial charge in [0.05, 0.1) is 0 Å². The minimum Gasteiger partial charge on any atom is -0.381 e. The molecule has 1 aromatic heterocycles. The molecular weight excluding hydrogens is 286 g/mol. The summed E-state index contributed by atoms with van der Waals surface area (Å²) in [6.07, 6.45) is 0. The van der Waals surface area contributed by atoms with Gasteiger partial charge in [0, 0.05) is 5.56 Å². The molecule has 0 amide bonds. The summed E-state index contributed by atoms with van der Waals surface area (Å²) in [6, 6.07) is 17.3. The van der Waals surface area contributed by atoms with E-state index in [1.807, 2.05) is 48.5 Å². The highest BCUT2D eigenvalue weighted by molar-refractivity contribution is 5.88. The quantitative estimate of drug-likeness (QED) is 0.642. The topological polar surface area (TPSA) is 99.4 Å². The van der Waals surface area contributed by atoms with Crippen LogP contribution >= 0.6 is 0 Å². The second-order valence-electron chi connectivity index (χ2n) is 4.65. The van der Waals surface area contributed by atoms with Gasteiger partial charge in [0.25, 0.3) is 0 Å². The lowest BCUT2D eigenvalue weighted by Gasteiger charge is -2.00. The van der Waals surface area contributed by atoms with Crippen LogP contribution in [0.5, 0.6) is 0 Å². The Bertz CT molecular complexity index is 1050. The predicted molar refractivity (Wildman–Crippen MR) is 85.8 cm³/mol. The van der Waals surface area contributed by atoms with Crippen molar-refractivity contribution in [3.8, 4) is 24.0 Å². The highest BCUT2D eigenvalue weighted by Gasteiger charge is 2.09. The Morgan fingerprint density at radius 1 is 0.783 bits per heavy atom. The molecule has 0 radical (unpaired) electrons. The lowest BCUT2D eigenvalue weighted by molar-refractivity contribution is 1.12. The summed E-state index contributed by atoms with van der Waals surface area (Å²) in [5.74, 6) is 5.88. The second-order valence-corrected chi connectivity index (χ2v) is 4.65. The van der Waals surface area contributed by atoms with E-state index >= 15 is 0 Å². The Labute approximate surface area is 132 Å². The standard InChI is InChI=1S/C18H9N5/c19-10-16-17(11-20)23-18(21)15(22-16)9-8-13-6-3-5-12-4-1-2-7-14(12)13/h1-7H,(H2,21,23). The molecule has 0 aliphatic carbocycles. The fourth-order valence-electron chi connectivity index (χ4n) is 2.16. The Morgan fingerprint density at radius 3 is 2.26 bits per heavy atom. The van der Waals surface area contributed by atoms with Gasteiger partial charge in [-0.2, -0.15) is 10.5 Å². The number of nitrogen functional groups attached to an aromatic ring is 1. The summed E-state index contributed by atoms with van der Waals surface area (Å²) in [6.45, 7) is 0. The van der Waals surface area contributed by atoms with E-state index in [1.165, 1.54) is 0 Å². The Morgan fingerprint density at radius 2 is 1.48 bits per heavy atom. The van der Waals surface area contributed by atoms with E-state index in [0.29, 0.717) is 0 Å². The number of hydrogen-bond donors (Lipinski definition) is 1. The van der Waals surface area contributed by atoms with Gasteiger partial charge in [-0.25, -0.2) is 9.97 Å². The third kappa shape index (κ3) is 2.65.